The van der Waals surface area contributed by atoms with Gasteiger partial charge < -0.3 is 9.72 Å². The van der Waals surface area contributed by atoms with Crippen molar-refractivity contribution in [3.05, 3.63) is 64.2 Å². The topological polar surface area (TPSA) is 55.0 Å². The first-order chi connectivity index (χ1) is 13.6. The largest absolute Gasteiger partial charge is 0.373 e. The first-order valence-electron chi connectivity index (χ1n) is 9.38. The molecule has 2 aromatic carbocycles. The second-order valence-corrected chi connectivity index (χ2v) is 7.36. The Morgan fingerprint density at radius 2 is 2.21 bits per heavy atom. The van der Waals surface area contributed by atoms with Gasteiger partial charge in [0, 0.05) is 23.1 Å². The van der Waals surface area contributed by atoms with E-state index >= 15 is 4.39 Å². The second-order valence-electron chi connectivity index (χ2n) is 7.36. The Morgan fingerprint density at radius 3 is 2.93 bits per heavy atom. The van der Waals surface area contributed by atoms with E-state index in [0.29, 0.717) is 29.2 Å². The molecule has 0 amide bonds. The third-order valence-corrected chi connectivity index (χ3v) is 5.22. The molecule has 1 saturated carbocycles. The number of Topliss-reactive ketones (excluding diaryl/α,β-unsaturated/α-hetero) is 1. The van der Waals surface area contributed by atoms with Crippen LogP contribution in [0.2, 0.25) is 0 Å². The lowest BCUT2D eigenvalue weighted by Gasteiger charge is -2.13. The van der Waals surface area contributed by atoms with Crippen molar-refractivity contribution in [3.8, 4) is 12.3 Å². The lowest BCUT2D eigenvalue weighted by Crippen LogP contribution is -2.14. The maximum atomic E-state index is 15.2. The molecule has 0 spiro atoms. The van der Waals surface area contributed by atoms with Gasteiger partial charge in [0.1, 0.15) is 12.1 Å². The Balaban J connectivity index is 1.69. The van der Waals surface area contributed by atoms with Crippen LogP contribution in [-0.2, 0) is 11.2 Å². The molecule has 1 N–H and O–H groups in total. The summed E-state index contributed by atoms with van der Waals surface area (Å²) in [7, 11) is 0. The van der Waals surface area contributed by atoms with Crippen molar-refractivity contribution in [3.63, 3.8) is 0 Å². The average molecular weight is 376 g/mol. The predicted molar refractivity (Wildman–Crippen MR) is 106 cm³/mol. The third-order valence-electron chi connectivity index (χ3n) is 5.22. The maximum Gasteiger partial charge on any atom is 0.188 e. The zero-order valence-electron chi connectivity index (χ0n) is 15.7. The van der Waals surface area contributed by atoms with Crippen molar-refractivity contribution >= 4 is 16.8 Å². The molecule has 142 valence electrons. The van der Waals surface area contributed by atoms with Crippen LogP contribution in [0.3, 0.4) is 0 Å². The van der Waals surface area contributed by atoms with Gasteiger partial charge in [0.15, 0.2) is 11.6 Å². The van der Waals surface area contributed by atoms with Crippen LogP contribution in [0.1, 0.15) is 45.5 Å². The van der Waals surface area contributed by atoms with Crippen LogP contribution in [0.4, 0.5) is 4.39 Å². The quantitative estimate of drug-likeness (QED) is 0.497. The molecule has 0 unspecified atom stereocenters. The number of rotatable bonds is 7. The number of hydrogen-bond donors (Lipinski definition) is 1. The Kier molecular flexibility index (Phi) is 4.97. The van der Waals surface area contributed by atoms with E-state index in [2.05, 4.69) is 15.9 Å². The normalized spacial score (nSPS) is 13.6. The van der Waals surface area contributed by atoms with E-state index in [0.717, 1.165) is 29.5 Å². The summed E-state index contributed by atoms with van der Waals surface area (Å²) in [5.74, 6) is 2.48. The summed E-state index contributed by atoms with van der Waals surface area (Å²) < 4.78 is 20.8. The molecular weight excluding hydrogens is 355 g/mol. The molecule has 4 rings (SSSR count). The first kappa shape index (κ1) is 18.4. The summed E-state index contributed by atoms with van der Waals surface area (Å²) in [6.45, 7) is 2.47. The number of nitrogens with one attached hydrogen (secondary N) is 1. The number of aromatic nitrogens is 2. The molecule has 0 bridgehead atoms. The van der Waals surface area contributed by atoms with Crippen molar-refractivity contribution in [1.82, 2.24) is 9.97 Å². The molecule has 1 aliphatic rings. The number of nitrogens with zero attached hydrogens (tertiary/aromatic N) is 1. The highest BCUT2D eigenvalue weighted by molar-refractivity contribution is 6.01. The molecule has 0 aliphatic heterocycles. The molecule has 1 heterocycles. The number of hydrogen-bond acceptors (Lipinski definition) is 3. The fraction of sp³-hybridized carbons (Fsp3) is 0.304. The summed E-state index contributed by atoms with van der Waals surface area (Å²) in [5, 5.41) is 0. The summed E-state index contributed by atoms with van der Waals surface area (Å²) in [6.07, 6.45) is 9.48. The maximum absolute atomic E-state index is 15.2. The van der Waals surface area contributed by atoms with Gasteiger partial charge in [-0.1, -0.05) is 12.0 Å². The van der Waals surface area contributed by atoms with Crippen molar-refractivity contribution in [1.29, 1.82) is 0 Å². The highest BCUT2D eigenvalue weighted by atomic mass is 19.1. The molecular formula is C23H21FN2O2. The number of ketones is 1. The molecule has 5 heteroatoms. The molecule has 0 atom stereocenters. The molecule has 1 aliphatic carbocycles. The zero-order valence-corrected chi connectivity index (χ0v) is 15.7. The molecule has 0 saturated heterocycles. The van der Waals surface area contributed by atoms with Crippen LogP contribution in [0.15, 0.2) is 30.6 Å². The van der Waals surface area contributed by atoms with E-state index in [4.69, 9.17) is 11.2 Å². The Morgan fingerprint density at radius 1 is 1.39 bits per heavy atom. The van der Waals surface area contributed by atoms with Crippen molar-refractivity contribution in [2.75, 3.05) is 13.2 Å². The lowest BCUT2D eigenvalue weighted by atomic mass is 9.93. The molecule has 0 radical (unpaired) electrons. The monoisotopic (exact) mass is 376 g/mol. The third kappa shape index (κ3) is 3.69. The van der Waals surface area contributed by atoms with E-state index in [9.17, 15) is 4.79 Å². The summed E-state index contributed by atoms with van der Waals surface area (Å²) in [6, 6.07) is 7.28. The minimum Gasteiger partial charge on any atom is -0.373 e. The fourth-order valence-electron chi connectivity index (χ4n) is 3.36. The smallest absolute Gasteiger partial charge is 0.188 e. The van der Waals surface area contributed by atoms with Gasteiger partial charge in [0.05, 0.1) is 18.5 Å². The number of ether oxygens (including phenoxy) is 1. The minimum absolute atomic E-state index is 0.0441. The van der Waals surface area contributed by atoms with Crippen molar-refractivity contribution in [2.24, 2.45) is 5.92 Å². The Bertz CT molecular complexity index is 1090. The fourth-order valence-corrected chi connectivity index (χ4v) is 3.36. The van der Waals surface area contributed by atoms with E-state index in [-0.39, 0.29) is 24.3 Å². The molecule has 28 heavy (non-hydrogen) atoms. The highest BCUT2D eigenvalue weighted by Crippen LogP contribution is 2.29. The molecule has 3 aromatic rings. The SMILES string of the molecule is C#Cc1ccc(Cc2c(C(=O)COCC3CC3)cc3[nH]cnc3c2F)c(C)c1. The Hall–Kier alpha value is -2.97. The number of carbonyl (C=O) groups excluding carboxylic acids is 1. The number of aryl methyl sites for hydroxylation is 1. The Labute approximate surface area is 163 Å². The minimum atomic E-state index is -0.468. The van der Waals surface area contributed by atoms with Crippen LogP contribution in [0.5, 0.6) is 0 Å². The molecule has 1 aromatic heterocycles. The highest BCUT2D eigenvalue weighted by Gasteiger charge is 2.24. The number of fused-ring (bicyclic) bond motifs is 1. The van der Waals surface area contributed by atoms with E-state index in [1.54, 1.807) is 6.07 Å². The first-order valence-corrected chi connectivity index (χ1v) is 9.38. The molecule has 4 nitrogen and oxygen atoms in total. The van der Waals surface area contributed by atoms with Crippen LogP contribution >= 0.6 is 0 Å². The average Bonchev–Trinajstić information content (AvgIpc) is 3.39. The van der Waals surface area contributed by atoms with Gasteiger partial charge in [0.2, 0.25) is 0 Å². The number of halogens is 1. The van der Waals surface area contributed by atoms with Crippen LogP contribution in [0, 0.1) is 31.0 Å². The number of terminal acetylenes is 1. The van der Waals surface area contributed by atoms with Crippen molar-refractivity contribution in [2.45, 2.75) is 26.2 Å². The summed E-state index contributed by atoms with van der Waals surface area (Å²) in [4.78, 5) is 19.8. The van der Waals surface area contributed by atoms with Gasteiger partial charge in [0.25, 0.3) is 0 Å². The van der Waals surface area contributed by atoms with Crippen LogP contribution < -0.4 is 0 Å². The van der Waals surface area contributed by atoms with E-state index in [1.807, 2.05) is 25.1 Å². The standard InChI is InChI=1S/C23H21FN2O2/c1-3-15-6-7-17(14(2)8-15)9-19-18(21(27)12-28-11-16-4-5-16)10-20-23(22(19)24)26-13-25-20/h1,6-8,10,13,16H,4-5,9,11-12H2,2H3,(H,25,26). The van der Waals surface area contributed by atoms with Gasteiger partial charge in [-0.3, -0.25) is 4.79 Å². The van der Waals surface area contributed by atoms with Crippen LogP contribution in [0.25, 0.3) is 11.0 Å². The number of benzene rings is 2. The second kappa shape index (κ2) is 7.57. The number of carbonyl (C=O) groups is 1. The number of H-pyrrole nitrogens is 1. The summed E-state index contributed by atoms with van der Waals surface area (Å²) in [5.41, 5.74) is 4.08. The predicted octanol–water partition coefficient (Wildman–Crippen LogP) is 4.19. The van der Waals surface area contributed by atoms with Gasteiger partial charge in [-0.05, 0) is 55.0 Å². The van der Waals surface area contributed by atoms with Crippen LogP contribution in [-0.4, -0.2) is 29.0 Å². The molecule has 1 fully saturated rings. The van der Waals surface area contributed by atoms with E-state index in [1.165, 1.54) is 6.33 Å². The van der Waals surface area contributed by atoms with Gasteiger partial charge in [-0.2, -0.15) is 0 Å². The van der Waals surface area contributed by atoms with Gasteiger partial charge >= 0.3 is 0 Å². The van der Waals surface area contributed by atoms with Gasteiger partial charge in [-0.15, -0.1) is 6.42 Å². The number of aromatic amines is 1. The lowest BCUT2D eigenvalue weighted by molar-refractivity contribution is 0.0738. The zero-order chi connectivity index (χ0) is 19.7. The van der Waals surface area contributed by atoms with E-state index < -0.39 is 5.82 Å². The van der Waals surface area contributed by atoms with Crippen molar-refractivity contribution < 1.29 is 13.9 Å². The summed E-state index contributed by atoms with van der Waals surface area (Å²) >= 11 is 0. The number of imidazole rings is 1. The van der Waals surface area contributed by atoms with Gasteiger partial charge in [-0.25, -0.2) is 9.37 Å².